The van der Waals surface area contributed by atoms with Gasteiger partial charge in [-0.1, -0.05) is 24.3 Å². The molecule has 1 aliphatic carbocycles. The number of allylic oxidation sites excluding steroid dienone is 1. The van der Waals surface area contributed by atoms with Gasteiger partial charge in [0, 0.05) is 22.9 Å². The van der Waals surface area contributed by atoms with Crippen LogP contribution in [0.2, 0.25) is 0 Å². The van der Waals surface area contributed by atoms with E-state index in [1.165, 1.54) is 44.6 Å². The maximum Gasteiger partial charge on any atom is 0.337 e. The average Bonchev–Trinajstić information content (AvgIpc) is 2.74. The standard InChI is InChI=1S/C21H15NO7/c1-28-20(26)11-7-12(21(27)29-2)9-13(8-11)22-19(25)16-10-17(23)14-5-3-4-6-15(14)18(16)24/h3-10H,1-2H3,(H,22,25). The van der Waals surface area contributed by atoms with E-state index < -0.39 is 29.4 Å². The number of hydrogen-bond donors (Lipinski definition) is 1. The number of benzene rings is 2. The molecule has 8 nitrogen and oxygen atoms in total. The molecule has 1 N–H and O–H groups in total. The van der Waals surface area contributed by atoms with Crippen molar-refractivity contribution in [3.05, 3.63) is 76.4 Å². The van der Waals surface area contributed by atoms with E-state index in [1.807, 2.05) is 0 Å². The molecule has 1 amide bonds. The molecule has 2 aromatic rings. The monoisotopic (exact) mass is 393 g/mol. The molecule has 29 heavy (non-hydrogen) atoms. The van der Waals surface area contributed by atoms with Crippen molar-refractivity contribution >= 4 is 35.1 Å². The van der Waals surface area contributed by atoms with Crippen molar-refractivity contribution < 1.29 is 33.4 Å². The molecular weight excluding hydrogens is 378 g/mol. The minimum atomic E-state index is -0.851. The topological polar surface area (TPSA) is 116 Å². The first-order valence-electron chi connectivity index (χ1n) is 8.38. The van der Waals surface area contributed by atoms with Crippen LogP contribution >= 0.6 is 0 Å². The summed E-state index contributed by atoms with van der Waals surface area (Å²) >= 11 is 0. The van der Waals surface area contributed by atoms with Gasteiger partial charge in [0.1, 0.15) is 0 Å². The molecule has 0 saturated carbocycles. The van der Waals surface area contributed by atoms with Crippen molar-refractivity contribution in [1.29, 1.82) is 0 Å². The molecular formula is C21H15NO7. The van der Waals surface area contributed by atoms with Gasteiger partial charge in [0.2, 0.25) is 0 Å². The fourth-order valence-electron chi connectivity index (χ4n) is 2.85. The van der Waals surface area contributed by atoms with Crippen molar-refractivity contribution in [3.8, 4) is 0 Å². The largest absolute Gasteiger partial charge is 0.465 e. The van der Waals surface area contributed by atoms with Gasteiger partial charge in [-0.05, 0) is 18.2 Å². The van der Waals surface area contributed by atoms with Gasteiger partial charge in [-0.25, -0.2) is 9.59 Å². The smallest absolute Gasteiger partial charge is 0.337 e. The molecule has 0 saturated heterocycles. The predicted molar refractivity (Wildman–Crippen MR) is 101 cm³/mol. The highest BCUT2D eigenvalue weighted by Gasteiger charge is 2.29. The lowest BCUT2D eigenvalue weighted by Crippen LogP contribution is -2.26. The maximum atomic E-state index is 12.6. The number of amides is 1. The summed E-state index contributed by atoms with van der Waals surface area (Å²) in [6, 6.07) is 9.98. The molecule has 0 spiro atoms. The molecule has 146 valence electrons. The lowest BCUT2D eigenvalue weighted by Gasteiger charge is -2.15. The van der Waals surface area contributed by atoms with Gasteiger partial charge in [-0.15, -0.1) is 0 Å². The third-order valence-electron chi connectivity index (χ3n) is 4.23. The van der Waals surface area contributed by atoms with Crippen molar-refractivity contribution in [3.63, 3.8) is 0 Å². The van der Waals surface area contributed by atoms with Gasteiger partial charge in [0.15, 0.2) is 11.6 Å². The van der Waals surface area contributed by atoms with E-state index >= 15 is 0 Å². The van der Waals surface area contributed by atoms with Gasteiger partial charge in [0.25, 0.3) is 5.91 Å². The maximum absolute atomic E-state index is 12.6. The minimum absolute atomic E-state index is 0.00364. The van der Waals surface area contributed by atoms with Gasteiger partial charge in [-0.2, -0.15) is 0 Å². The Bertz CT molecular complexity index is 1060. The Labute approximate surface area is 165 Å². The van der Waals surface area contributed by atoms with Crippen LogP contribution < -0.4 is 5.32 Å². The molecule has 0 atom stereocenters. The van der Waals surface area contributed by atoms with Gasteiger partial charge >= 0.3 is 11.9 Å². The molecule has 1 aliphatic rings. The van der Waals surface area contributed by atoms with Crippen molar-refractivity contribution in [2.45, 2.75) is 0 Å². The number of nitrogens with one attached hydrogen (secondary N) is 1. The molecule has 2 aromatic carbocycles. The summed E-state index contributed by atoms with van der Waals surface area (Å²) < 4.78 is 9.27. The number of ketones is 2. The Morgan fingerprint density at radius 2 is 1.38 bits per heavy atom. The Morgan fingerprint density at radius 3 is 1.93 bits per heavy atom. The second-order valence-corrected chi connectivity index (χ2v) is 6.03. The van der Waals surface area contributed by atoms with E-state index in [9.17, 15) is 24.0 Å². The Hall–Kier alpha value is -4.07. The van der Waals surface area contributed by atoms with Crippen LogP contribution in [-0.4, -0.2) is 43.6 Å². The van der Waals surface area contributed by atoms with Crippen molar-refractivity contribution in [2.75, 3.05) is 19.5 Å². The molecule has 8 heteroatoms. The quantitative estimate of drug-likeness (QED) is 0.625. The zero-order valence-electron chi connectivity index (χ0n) is 15.5. The van der Waals surface area contributed by atoms with Gasteiger partial charge < -0.3 is 14.8 Å². The van der Waals surface area contributed by atoms with E-state index in [-0.39, 0.29) is 33.5 Å². The minimum Gasteiger partial charge on any atom is -0.465 e. The normalized spacial score (nSPS) is 12.6. The Kier molecular flexibility index (Phi) is 5.36. The second kappa shape index (κ2) is 7.89. The summed E-state index contributed by atoms with van der Waals surface area (Å²) in [6.45, 7) is 0. The number of Topliss-reactive ketones (excluding diaryl/α,β-unsaturated/α-hetero) is 1. The van der Waals surface area contributed by atoms with E-state index in [4.69, 9.17) is 0 Å². The molecule has 0 aromatic heterocycles. The van der Waals surface area contributed by atoms with Crippen LogP contribution in [0.4, 0.5) is 5.69 Å². The van der Waals surface area contributed by atoms with Crippen LogP contribution in [-0.2, 0) is 14.3 Å². The zero-order chi connectivity index (χ0) is 21.1. The highest BCUT2D eigenvalue weighted by Crippen LogP contribution is 2.23. The van der Waals surface area contributed by atoms with Crippen LogP contribution in [0.5, 0.6) is 0 Å². The van der Waals surface area contributed by atoms with Crippen LogP contribution in [0.1, 0.15) is 41.4 Å². The summed E-state index contributed by atoms with van der Waals surface area (Å²) in [6.07, 6.45) is 0.964. The number of fused-ring (bicyclic) bond motifs is 1. The summed E-state index contributed by atoms with van der Waals surface area (Å²) in [4.78, 5) is 61.2. The third-order valence-corrected chi connectivity index (χ3v) is 4.23. The molecule has 0 radical (unpaired) electrons. The van der Waals surface area contributed by atoms with Crippen molar-refractivity contribution in [1.82, 2.24) is 0 Å². The summed E-state index contributed by atoms with van der Waals surface area (Å²) in [5.41, 5.74) is 0.0423. The number of esters is 2. The van der Waals surface area contributed by atoms with Crippen LogP contribution in [0.25, 0.3) is 0 Å². The van der Waals surface area contributed by atoms with Crippen molar-refractivity contribution in [2.24, 2.45) is 0 Å². The van der Waals surface area contributed by atoms with E-state index in [0.29, 0.717) is 0 Å². The third kappa shape index (κ3) is 3.81. The fourth-order valence-corrected chi connectivity index (χ4v) is 2.85. The van der Waals surface area contributed by atoms with E-state index in [1.54, 1.807) is 12.1 Å². The van der Waals surface area contributed by atoms with E-state index in [2.05, 4.69) is 14.8 Å². The molecule has 0 bridgehead atoms. The van der Waals surface area contributed by atoms with Crippen LogP contribution in [0.3, 0.4) is 0 Å². The molecule has 0 fully saturated rings. The van der Waals surface area contributed by atoms with Crippen LogP contribution in [0, 0.1) is 0 Å². The van der Waals surface area contributed by atoms with Gasteiger partial charge in [0.05, 0.1) is 30.9 Å². The zero-order valence-corrected chi connectivity index (χ0v) is 15.5. The number of anilines is 1. The first-order valence-corrected chi connectivity index (χ1v) is 8.38. The summed E-state index contributed by atoms with van der Waals surface area (Å²) in [5, 5.41) is 2.44. The highest BCUT2D eigenvalue weighted by molar-refractivity contribution is 6.36. The van der Waals surface area contributed by atoms with Gasteiger partial charge in [-0.3, -0.25) is 14.4 Å². The molecule has 3 rings (SSSR count). The number of rotatable bonds is 4. The lowest BCUT2D eigenvalue weighted by atomic mass is 9.89. The Morgan fingerprint density at radius 1 is 0.828 bits per heavy atom. The summed E-state index contributed by atoms with van der Waals surface area (Å²) in [7, 11) is 2.33. The number of hydrogen-bond acceptors (Lipinski definition) is 7. The first-order chi connectivity index (χ1) is 13.8. The lowest BCUT2D eigenvalue weighted by molar-refractivity contribution is -0.112. The second-order valence-electron chi connectivity index (χ2n) is 6.03. The molecule has 0 unspecified atom stereocenters. The number of carbonyl (C=O) groups is 5. The first kappa shape index (κ1) is 19.7. The SMILES string of the molecule is COC(=O)c1cc(NC(=O)C2=CC(=O)c3ccccc3C2=O)cc(C(=O)OC)c1. The Balaban J connectivity index is 1.95. The van der Waals surface area contributed by atoms with E-state index in [0.717, 1.165) is 6.08 Å². The number of carbonyl (C=O) groups excluding carboxylic acids is 5. The molecule has 0 heterocycles. The summed E-state index contributed by atoms with van der Waals surface area (Å²) in [5.74, 6) is -3.39. The predicted octanol–water partition coefficient (Wildman–Crippen LogP) is 2.20. The molecule has 0 aliphatic heterocycles. The fraction of sp³-hybridized carbons (Fsp3) is 0.0952. The number of ether oxygens (including phenoxy) is 2. The van der Waals surface area contributed by atoms with Crippen LogP contribution in [0.15, 0.2) is 54.1 Å². The number of methoxy groups -OCH3 is 2. The highest BCUT2D eigenvalue weighted by atomic mass is 16.5. The average molecular weight is 393 g/mol.